The third kappa shape index (κ3) is 3.23. The summed E-state index contributed by atoms with van der Waals surface area (Å²) in [5.74, 6) is 0.536. The summed E-state index contributed by atoms with van der Waals surface area (Å²) in [6, 6.07) is 22.2. The maximum absolute atomic E-state index is 12.6. The Balaban J connectivity index is 1.60. The molecule has 3 aromatic carbocycles. The Morgan fingerprint density at radius 2 is 1.69 bits per heavy atom. The summed E-state index contributed by atoms with van der Waals surface area (Å²) in [4.78, 5) is 20.5. The first-order chi connectivity index (χ1) is 14.1. The molecule has 0 saturated heterocycles. The molecular formula is C25H20N2O2. The van der Waals surface area contributed by atoms with Gasteiger partial charge in [-0.3, -0.25) is 0 Å². The molecule has 0 amide bonds. The first-order valence-corrected chi connectivity index (χ1v) is 9.65. The van der Waals surface area contributed by atoms with Crippen LogP contribution in [-0.2, 0) is 6.42 Å². The Kier molecular flexibility index (Phi) is 4.06. The summed E-state index contributed by atoms with van der Waals surface area (Å²) < 4.78 is 5.58. The van der Waals surface area contributed by atoms with E-state index in [4.69, 9.17) is 4.42 Å². The van der Waals surface area contributed by atoms with Crippen LogP contribution in [0.2, 0.25) is 0 Å². The number of hydrogen-bond acceptors (Lipinski definition) is 3. The van der Waals surface area contributed by atoms with Crippen LogP contribution in [0.1, 0.15) is 22.3 Å². The first-order valence-electron chi connectivity index (χ1n) is 9.65. The fourth-order valence-corrected chi connectivity index (χ4v) is 3.68. The normalized spacial score (nSPS) is 11.4. The van der Waals surface area contributed by atoms with Gasteiger partial charge < -0.3 is 9.40 Å². The van der Waals surface area contributed by atoms with Crippen LogP contribution in [0.4, 0.5) is 0 Å². The van der Waals surface area contributed by atoms with Gasteiger partial charge in [-0.2, -0.15) is 0 Å². The van der Waals surface area contributed by atoms with Crippen molar-refractivity contribution >= 4 is 22.0 Å². The van der Waals surface area contributed by atoms with E-state index < -0.39 is 0 Å². The maximum Gasteiger partial charge on any atom is 0.347 e. The number of nitrogens with zero attached hydrogens (tertiary/aromatic N) is 1. The molecule has 1 N–H and O–H groups in total. The van der Waals surface area contributed by atoms with E-state index in [-0.39, 0.29) is 5.63 Å². The van der Waals surface area contributed by atoms with E-state index in [1.807, 2.05) is 42.5 Å². The molecule has 0 spiro atoms. The predicted molar refractivity (Wildman–Crippen MR) is 116 cm³/mol. The molecule has 2 aromatic heterocycles. The molecule has 0 unspecified atom stereocenters. The second-order valence-electron chi connectivity index (χ2n) is 7.52. The Labute approximate surface area is 167 Å². The number of aryl methyl sites for hydroxylation is 2. The molecule has 4 nitrogen and oxygen atoms in total. The minimum absolute atomic E-state index is 0.388. The summed E-state index contributed by atoms with van der Waals surface area (Å²) in [5.41, 5.74) is 7.17. The molecule has 142 valence electrons. The molecular weight excluding hydrogens is 360 g/mol. The van der Waals surface area contributed by atoms with E-state index >= 15 is 0 Å². The van der Waals surface area contributed by atoms with Crippen molar-refractivity contribution in [2.75, 3.05) is 0 Å². The fraction of sp³-hybridized carbons (Fsp3) is 0.120. The van der Waals surface area contributed by atoms with Crippen molar-refractivity contribution in [3.8, 4) is 11.4 Å². The van der Waals surface area contributed by atoms with Gasteiger partial charge in [-0.15, -0.1) is 0 Å². The zero-order chi connectivity index (χ0) is 20.0. The van der Waals surface area contributed by atoms with E-state index in [9.17, 15) is 4.79 Å². The molecule has 0 saturated carbocycles. The highest BCUT2D eigenvalue weighted by Gasteiger charge is 2.13. The van der Waals surface area contributed by atoms with Crippen LogP contribution in [0.15, 0.2) is 75.9 Å². The molecule has 29 heavy (non-hydrogen) atoms. The second kappa shape index (κ2) is 6.74. The largest absolute Gasteiger partial charge is 0.422 e. The number of rotatable bonds is 3. The number of fused-ring (bicyclic) bond motifs is 2. The molecule has 0 aliphatic carbocycles. The molecule has 0 aliphatic heterocycles. The second-order valence-corrected chi connectivity index (χ2v) is 7.52. The number of nitrogens with one attached hydrogen (secondary N) is 1. The molecule has 0 atom stereocenters. The van der Waals surface area contributed by atoms with Crippen molar-refractivity contribution in [3.63, 3.8) is 0 Å². The number of hydrogen-bond donors (Lipinski definition) is 1. The summed E-state index contributed by atoms with van der Waals surface area (Å²) in [6.45, 7) is 4.12. The molecule has 0 radical (unpaired) electrons. The summed E-state index contributed by atoms with van der Waals surface area (Å²) >= 11 is 0. The van der Waals surface area contributed by atoms with Crippen molar-refractivity contribution in [1.29, 1.82) is 0 Å². The minimum Gasteiger partial charge on any atom is -0.422 e. The lowest BCUT2D eigenvalue weighted by atomic mass is 10.0. The van der Waals surface area contributed by atoms with Crippen LogP contribution in [0.3, 0.4) is 0 Å². The van der Waals surface area contributed by atoms with Gasteiger partial charge in [0.25, 0.3) is 0 Å². The van der Waals surface area contributed by atoms with Crippen LogP contribution >= 0.6 is 0 Å². The highest BCUT2D eigenvalue weighted by Crippen LogP contribution is 2.25. The van der Waals surface area contributed by atoms with Gasteiger partial charge in [0.1, 0.15) is 17.0 Å². The van der Waals surface area contributed by atoms with Crippen LogP contribution in [-0.4, -0.2) is 9.97 Å². The van der Waals surface area contributed by atoms with Crippen molar-refractivity contribution in [2.45, 2.75) is 20.3 Å². The van der Waals surface area contributed by atoms with Gasteiger partial charge in [-0.25, -0.2) is 9.78 Å². The van der Waals surface area contributed by atoms with Crippen LogP contribution in [0, 0.1) is 13.8 Å². The zero-order valence-electron chi connectivity index (χ0n) is 16.3. The maximum atomic E-state index is 12.6. The van der Waals surface area contributed by atoms with E-state index in [1.165, 1.54) is 22.3 Å². The number of benzene rings is 3. The zero-order valence-corrected chi connectivity index (χ0v) is 16.3. The van der Waals surface area contributed by atoms with E-state index in [0.29, 0.717) is 17.0 Å². The van der Waals surface area contributed by atoms with Gasteiger partial charge in [-0.1, -0.05) is 36.4 Å². The Bertz CT molecular complexity index is 1370. The van der Waals surface area contributed by atoms with Crippen LogP contribution in [0.25, 0.3) is 33.4 Å². The molecule has 4 heteroatoms. The van der Waals surface area contributed by atoms with Gasteiger partial charge in [0.15, 0.2) is 0 Å². The molecule has 0 fully saturated rings. The first kappa shape index (κ1) is 17.4. The van der Waals surface area contributed by atoms with Crippen molar-refractivity contribution < 1.29 is 4.42 Å². The fourth-order valence-electron chi connectivity index (χ4n) is 3.68. The van der Waals surface area contributed by atoms with Crippen LogP contribution < -0.4 is 5.63 Å². The van der Waals surface area contributed by atoms with Gasteiger partial charge in [0, 0.05) is 5.39 Å². The summed E-state index contributed by atoms with van der Waals surface area (Å²) in [6.07, 6.45) is 0.828. The van der Waals surface area contributed by atoms with Crippen LogP contribution in [0.5, 0.6) is 0 Å². The third-order valence-corrected chi connectivity index (χ3v) is 5.40. The van der Waals surface area contributed by atoms with Gasteiger partial charge in [-0.05, 0) is 72.9 Å². The van der Waals surface area contributed by atoms with Gasteiger partial charge >= 0.3 is 5.63 Å². The highest BCUT2D eigenvalue weighted by molar-refractivity contribution is 5.84. The SMILES string of the molecule is Cc1cc2nc(-c3cc4cc(Cc5ccccc5)ccc4oc3=O)[nH]c2cc1C. The number of H-pyrrole nitrogens is 1. The Morgan fingerprint density at radius 3 is 2.52 bits per heavy atom. The average molecular weight is 380 g/mol. The van der Waals surface area contributed by atoms with Gasteiger partial charge in [0.05, 0.1) is 11.0 Å². The van der Waals surface area contributed by atoms with E-state index in [0.717, 1.165) is 22.8 Å². The lowest BCUT2D eigenvalue weighted by molar-refractivity contribution is 0.563. The smallest absolute Gasteiger partial charge is 0.347 e. The van der Waals surface area contributed by atoms with Crippen molar-refractivity contribution in [2.24, 2.45) is 0 Å². The Morgan fingerprint density at radius 1 is 0.897 bits per heavy atom. The molecule has 5 rings (SSSR count). The van der Waals surface area contributed by atoms with Crippen molar-refractivity contribution in [3.05, 3.63) is 99.4 Å². The lowest BCUT2D eigenvalue weighted by Gasteiger charge is -2.05. The molecule has 0 bridgehead atoms. The standard InChI is InChI=1S/C25H20N2O2/c1-15-10-21-22(11-16(15)2)27-24(26-21)20-14-19-13-18(8-9-23(19)29-25(20)28)12-17-6-4-3-5-7-17/h3-11,13-14H,12H2,1-2H3,(H,26,27). The lowest BCUT2D eigenvalue weighted by Crippen LogP contribution is -2.04. The minimum atomic E-state index is -0.388. The van der Waals surface area contributed by atoms with E-state index in [1.54, 1.807) is 0 Å². The molecule has 0 aliphatic rings. The molecule has 2 heterocycles. The Hall–Kier alpha value is -3.66. The number of aromatic amines is 1. The average Bonchev–Trinajstić information content (AvgIpc) is 3.11. The predicted octanol–water partition coefficient (Wildman–Crippen LogP) is 5.54. The molecule has 5 aromatic rings. The summed E-state index contributed by atoms with van der Waals surface area (Å²) in [7, 11) is 0. The van der Waals surface area contributed by atoms with E-state index in [2.05, 4.69) is 48.1 Å². The monoisotopic (exact) mass is 380 g/mol. The topological polar surface area (TPSA) is 58.9 Å². The number of aromatic nitrogens is 2. The third-order valence-electron chi connectivity index (χ3n) is 5.40. The quantitative estimate of drug-likeness (QED) is 0.418. The van der Waals surface area contributed by atoms with Gasteiger partial charge in [0.2, 0.25) is 0 Å². The van der Waals surface area contributed by atoms with Crippen molar-refractivity contribution in [1.82, 2.24) is 9.97 Å². The summed E-state index contributed by atoms with van der Waals surface area (Å²) in [5, 5.41) is 0.890. The highest BCUT2D eigenvalue weighted by atomic mass is 16.4. The number of imidazole rings is 1.